The van der Waals surface area contributed by atoms with Crippen molar-refractivity contribution in [2.24, 2.45) is 0 Å². The molecule has 1 aromatic carbocycles. The van der Waals surface area contributed by atoms with Gasteiger partial charge >= 0.3 is 0 Å². The Labute approximate surface area is 170 Å². The molecule has 0 saturated carbocycles. The Bertz CT molecular complexity index is 916. The average molecular weight is 422 g/mol. The van der Waals surface area contributed by atoms with Crippen molar-refractivity contribution in [1.82, 2.24) is 14.8 Å². The number of nitrogens with zero attached hydrogens (tertiary/aromatic N) is 3. The number of carbonyl (C=O) groups excluding carboxylic acids is 1. The number of fused-ring (bicyclic) bond motifs is 1. The summed E-state index contributed by atoms with van der Waals surface area (Å²) in [6.07, 6.45) is 2.59. The van der Waals surface area contributed by atoms with E-state index in [-0.39, 0.29) is 23.5 Å². The third-order valence-corrected chi connectivity index (χ3v) is 8.87. The fourth-order valence-electron chi connectivity index (χ4n) is 4.34. The lowest BCUT2D eigenvalue weighted by molar-refractivity contribution is -0.134. The summed E-state index contributed by atoms with van der Waals surface area (Å²) in [6.45, 7) is 4.65. The average Bonchev–Trinajstić information content (AvgIpc) is 3.26. The molecule has 152 valence electrons. The molecule has 1 aromatic heterocycles. The zero-order valence-electron chi connectivity index (χ0n) is 16.2. The van der Waals surface area contributed by atoms with Crippen molar-refractivity contribution in [3.05, 3.63) is 29.3 Å². The molecule has 6 nitrogen and oxygen atoms in total. The highest BCUT2D eigenvalue weighted by atomic mass is 32.2. The summed E-state index contributed by atoms with van der Waals surface area (Å²) in [5.41, 5.74) is 1.07. The van der Waals surface area contributed by atoms with E-state index < -0.39 is 9.84 Å². The number of thiazole rings is 1. The zero-order chi connectivity index (χ0) is 19.7. The molecule has 0 aliphatic carbocycles. The second kappa shape index (κ2) is 8.08. The van der Waals surface area contributed by atoms with Crippen LogP contribution in [0.3, 0.4) is 0 Å². The Balaban J connectivity index is 1.32. The lowest BCUT2D eigenvalue weighted by atomic mass is 9.97. The molecule has 2 fully saturated rings. The van der Waals surface area contributed by atoms with Crippen LogP contribution < -0.4 is 0 Å². The molecule has 3 heterocycles. The van der Waals surface area contributed by atoms with Crippen molar-refractivity contribution in [3.63, 3.8) is 0 Å². The number of carbonyl (C=O) groups is 1. The minimum atomic E-state index is -2.98. The molecule has 28 heavy (non-hydrogen) atoms. The van der Waals surface area contributed by atoms with Gasteiger partial charge in [-0.1, -0.05) is 12.1 Å². The van der Waals surface area contributed by atoms with Gasteiger partial charge in [0.05, 0.1) is 33.3 Å². The van der Waals surface area contributed by atoms with E-state index in [0.29, 0.717) is 25.4 Å². The highest BCUT2D eigenvalue weighted by Gasteiger charge is 2.34. The van der Waals surface area contributed by atoms with Crippen LogP contribution in [0.25, 0.3) is 10.2 Å². The minimum Gasteiger partial charge on any atom is -0.338 e. The van der Waals surface area contributed by atoms with E-state index >= 15 is 0 Å². The lowest BCUT2D eigenvalue weighted by Crippen LogP contribution is -2.47. The number of para-hydroxylation sites is 1. The van der Waals surface area contributed by atoms with Gasteiger partial charge in [-0.2, -0.15) is 0 Å². The first-order valence-corrected chi connectivity index (χ1v) is 12.7. The Morgan fingerprint density at radius 3 is 2.64 bits per heavy atom. The maximum atomic E-state index is 12.8. The van der Waals surface area contributed by atoms with Crippen molar-refractivity contribution in [3.8, 4) is 0 Å². The first-order chi connectivity index (χ1) is 13.4. The monoisotopic (exact) mass is 421 g/mol. The van der Waals surface area contributed by atoms with Crippen molar-refractivity contribution in [1.29, 1.82) is 0 Å². The fraction of sp³-hybridized carbons (Fsp3) is 0.600. The predicted molar refractivity (Wildman–Crippen MR) is 112 cm³/mol. The number of likely N-dealkylation sites (tertiary alicyclic amines) is 1. The van der Waals surface area contributed by atoms with E-state index in [4.69, 9.17) is 4.98 Å². The number of amides is 1. The summed E-state index contributed by atoms with van der Waals surface area (Å²) in [4.78, 5) is 21.6. The maximum Gasteiger partial charge on any atom is 0.237 e. The normalized spacial score (nSPS) is 23.2. The molecular formula is C20H27N3O3S2. The molecule has 2 aliphatic heterocycles. The first kappa shape index (κ1) is 19.8. The van der Waals surface area contributed by atoms with E-state index in [0.717, 1.165) is 31.4 Å². The molecule has 8 heteroatoms. The van der Waals surface area contributed by atoms with E-state index in [2.05, 4.69) is 17.0 Å². The van der Waals surface area contributed by atoms with Crippen molar-refractivity contribution in [2.45, 2.75) is 38.1 Å². The number of aromatic nitrogens is 1. The molecule has 0 unspecified atom stereocenters. The summed E-state index contributed by atoms with van der Waals surface area (Å²) < 4.78 is 24.7. The zero-order valence-corrected chi connectivity index (χ0v) is 17.8. The maximum absolute atomic E-state index is 12.8. The van der Waals surface area contributed by atoms with Crippen LogP contribution in [0, 0.1) is 0 Å². The molecule has 1 amide bonds. The second-order valence-corrected chi connectivity index (χ2v) is 11.1. The van der Waals surface area contributed by atoms with E-state index in [1.807, 2.05) is 19.1 Å². The van der Waals surface area contributed by atoms with Gasteiger partial charge in [0.1, 0.15) is 0 Å². The van der Waals surface area contributed by atoms with Crippen molar-refractivity contribution >= 4 is 37.3 Å². The standard InChI is InChI=1S/C20H27N3O3S2/c1-2-23(16-9-12-28(25,26)14-16)19(24)13-22-10-7-15(8-11-22)20-21-17-5-3-4-6-18(17)27-20/h3-6,15-16H,2,7-14H2,1H3/t16-/m1/s1. The second-order valence-electron chi connectivity index (χ2n) is 7.81. The van der Waals surface area contributed by atoms with Gasteiger partial charge in [-0.15, -0.1) is 11.3 Å². The molecule has 2 aliphatic rings. The van der Waals surface area contributed by atoms with Crippen LogP contribution in [-0.4, -0.2) is 72.8 Å². The van der Waals surface area contributed by atoms with Crippen LogP contribution in [0.1, 0.15) is 37.1 Å². The van der Waals surface area contributed by atoms with Gasteiger partial charge in [-0.05, 0) is 51.4 Å². The van der Waals surface area contributed by atoms with E-state index in [9.17, 15) is 13.2 Å². The van der Waals surface area contributed by atoms with Crippen LogP contribution in [0.4, 0.5) is 0 Å². The van der Waals surface area contributed by atoms with E-state index in [1.165, 1.54) is 9.71 Å². The van der Waals surface area contributed by atoms with Crippen molar-refractivity contribution in [2.75, 3.05) is 37.7 Å². The van der Waals surface area contributed by atoms with Gasteiger partial charge in [-0.25, -0.2) is 13.4 Å². The Kier molecular flexibility index (Phi) is 5.71. The highest BCUT2D eigenvalue weighted by Crippen LogP contribution is 2.33. The molecule has 0 N–H and O–H groups in total. The molecule has 0 bridgehead atoms. The molecule has 4 rings (SSSR count). The quantitative estimate of drug-likeness (QED) is 0.742. The summed E-state index contributed by atoms with van der Waals surface area (Å²) >= 11 is 1.78. The number of benzene rings is 1. The predicted octanol–water partition coefficient (Wildman–Crippen LogP) is 2.51. The Morgan fingerprint density at radius 2 is 2.00 bits per heavy atom. The van der Waals surface area contributed by atoms with Crippen molar-refractivity contribution < 1.29 is 13.2 Å². The highest BCUT2D eigenvalue weighted by molar-refractivity contribution is 7.91. The van der Waals surface area contributed by atoms with Crippen LogP contribution in [0.5, 0.6) is 0 Å². The number of rotatable bonds is 5. The number of sulfone groups is 1. The Hall–Kier alpha value is -1.51. The molecule has 1 atom stereocenters. The van der Waals surface area contributed by atoms with Gasteiger partial charge in [-0.3, -0.25) is 9.69 Å². The number of hydrogen-bond donors (Lipinski definition) is 0. The van der Waals surface area contributed by atoms with Gasteiger partial charge in [0.15, 0.2) is 9.84 Å². The topological polar surface area (TPSA) is 70.6 Å². The third-order valence-electron chi connectivity index (χ3n) is 5.92. The lowest BCUT2D eigenvalue weighted by Gasteiger charge is -2.33. The SMILES string of the molecule is CCN(C(=O)CN1CCC(c2nc3ccccc3s2)CC1)[C@@H]1CCS(=O)(=O)C1. The van der Waals surface area contributed by atoms with Crippen LogP contribution in [0.2, 0.25) is 0 Å². The van der Waals surface area contributed by atoms with Crippen LogP contribution in [-0.2, 0) is 14.6 Å². The Morgan fingerprint density at radius 1 is 1.25 bits per heavy atom. The first-order valence-electron chi connectivity index (χ1n) is 10.0. The number of hydrogen-bond acceptors (Lipinski definition) is 6. The van der Waals surface area contributed by atoms with Gasteiger partial charge in [0.25, 0.3) is 0 Å². The van der Waals surface area contributed by atoms with Gasteiger partial charge < -0.3 is 4.90 Å². The largest absolute Gasteiger partial charge is 0.338 e. The molecule has 0 radical (unpaired) electrons. The van der Waals surface area contributed by atoms with Crippen LogP contribution in [0.15, 0.2) is 24.3 Å². The smallest absolute Gasteiger partial charge is 0.237 e. The van der Waals surface area contributed by atoms with Crippen LogP contribution >= 0.6 is 11.3 Å². The summed E-state index contributed by atoms with van der Waals surface area (Å²) in [5, 5.41) is 1.21. The molecule has 2 saturated heterocycles. The summed E-state index contributed by atoms with van der Waals surface area (Å²) in [7, 11) is -2.98. The third kappa shape index (κ3) is 4.23. The molecule has 2 aromatic rings. The molecular weight excluding hydrogens is 394 g/mol. The van der Waals surface area contributed by atoms with Gasteiger partial charge in [0.2, 0.25) is 5.91 Å². The molecule has 0 spiro atoms. The number of likely N-dealkylation sites (N-methyl/N-ethyl adjacent to an activating group) is 1. The van der Waals surface area contributed by atoms with Gasteiger partial charge in [0, 0.05) is 18.5 Å². The summed E-state index contributed by atoms with van der Waals surface area (Å²) in [6, 6.07) is 8.10. The van der Waals surface area contributed by atoms with E-state index in [1.54, 1.807) is 16.2 Å². The minimum absolute atomic E-state index is 0.0584. The summed E-state index contributed by atoms with van der Waals surface area (Å²) in [5.74, 6) is 0.843. The fourth-order valence-corrected chi connectivity index (χ4v) is 7.21. The number of piperidine rings is 1.